The highest BCUT2D eigenvalue weighted by Crippen LogP contribution is 2.44. The van der Waals surface area contributed by atoms with E-state index in [-0.39, 0.29) is 36.8 Å². The molecular formula is C28H34N2O5. The molecule has 0 unspecified atom stereocenters. The molecule has 1 saturated carbocycles. The molecule has 2 aromatic carbocycles. The Labute approximate surface area is 206 Å². The standard InChI is InChI=1S/C28H34N2O5/c1-30(16-8-15-27(32)33)26(31)17-19-9-2-7-14-25(19)29-28(34)35-18-24-22-12-5-3-10-20(22)21-11-4-6-13-23(21)24/h3-6,10-13,19,24-25H,2,7-9,14-18H2,1H3,(H,29,34)(H,32,33)/t19-,25-/m1/s1. The zero-order valence-corrected chi connectivity index (χ0v) is 20.2. The number of aliphatic carboxylic acids is 1. The molecule has 7 heteroatoms. The molecule has 2 aliphatic rings. The molecule has 7 nitrogen and oxygen atoms in total. The van der Waals surface area contributed by atoms with Crippen LogP contribution in [0.15, 0.2) is 48.5 Å². The molecule has 2 aliphatic carbocycles. The molecule has 2 aromatic rings. The number of fused-ring (bicyclic) bond motifs is 3. The van der Waals surface area contributed by atoms with Crippen molar-refractivity contribution in [2.75, 3.05) is 20.2 Å². The lowest BCUT2D eigenvalue weighted by molar-refractivity contribution is -0.138. The first-order valence-corrected chi connectivity index (χ1v) is 12.5. The van der Waals surface area contributed by atoms with Gasteiger partial charge in [-0.1, -0.05) is 61.4 Å². The second-order valence-corrected chi connectivity index (χ2v) is 9.64. The average molecular weight is 479 g/mol. The van der Waals surface area contributed by atoms with Crippen LogP contribution in [0.2, 0.25) is 0 Å². The molecular weight excluding hydrogens is 444 g/mol. The fourth-order valence-electron chi connectivity index (χ4n) is 5.41. The molecule has 1 fully saturated rings. The molecule has 0 aliphatic heterocycles. The lowest BCUT2D eigenvalue weighted by Gasteiger charge is -2.32. The maximum absolute atomic E-state index is 12.8. The second-order valence-electron chi connectivity index (χ2n) is 9.64. The zero-order chi connectivity index (χ0) is 24.8. The predicted octanol–water partition coefficient (Wildman–Crippen LogP) is 4.80. The van der Waals surface area contributed by atoms with Gasteiger partial charge in [0.2, 0.25) is 5.91 Å². The minimum absolute atomic E-state index is 0.0105. The summed E-state index contributed by atoms with van der Waals surface area (Å²) in [7, 11) is 1.71. The van der Waals surface area contributed by atoms with Gasteiger partial charge in [0, 0.05) is 38.4 Å². The SMILES string of the molecule is CN(CCCC(=O)O)C(=O)C[C@H]1CCCC[C@H]1NC(=O)OCC1c2ccccc2-c2ccccc21. The molecule has 4 rings (SSSR count). The summed E-state index contributed by atoms with van der Waals surface area (Å²) in [5.74, 6) is -0.804. The first kappa shape index (κ1) is 24.8. The lowest BCUT2D eigenvalue weighted by atomic mass is 9.82. The van der Waals surface area contributed by atoms with Crippen LogP contribution in [0.1, 0.15) is 62.0 Å². The number of carbonyl (C=O) groups excluding carboxylic acids is 2. The molecule has 0 radical (unpaired) electrons. The summed E-state index contributed by atoms with van der Waals surface area (Å²) < 4.78 is 5.72. The van der Waals surface area contributed by atoms with Crippen LogP contribution in [0, 0.1) is 5.92 Å². The normalized spacial score (nSPS) is 18.9. The van der Waals surface area contributed by atoms with Crippen LogP contribution in [0.25, 0.3) is 11.1 Å². The van der Waals surface area contributed by atoms with Crippen LogP contribution < -0.4 is 5.32 Å². The Morgan fingerprint density at radius 2 is 1.63 bits per heavy atom. The van der Waals surface area contributed by atoms with E-state index < -0.39 is 12.1 Å². The fourth-order valence-corrected chi connectivity index (χ4v) is 5.41. The Hall–Kier alpha value is -3.35. The molecule has 0 aromatic heterocycles. The van der Waals surface area contributed by atoms with Crippen molar-refractivity contribution < 1.29 is 24.2 Å². The number of rotatable bonds is 9. The van der Waals surface area contributed by atoms with Crippen LogP contribution in [-0.4, -0.2) is 54.2 Å². The summed E-state index contributed by atoms with van der Waals surface area (Å²) in [6, 6.07) is 16.4. The van der Waals surface area contributed by atoms with Crippen LogP contribution in [0.4, 0.5) is 4.79 Å². The highest BCUT2D eigenvalue weighted by atomic mass is 16.5. The number of ether oxygens (including phenoxy) is 1. The third-order valence-corrected chi connectivity index (χ3v) is 7.30. The van der Waals surface area contributed by atoms with Gasteiger partial charge in [-0.25, -0.2) is 4.79 Å². The van der Waals surface area contributed by atoms with E-state index in [9.17, 15) is 14.4 Å². The van der Waals surface area contributed by atoms with Crippen molar-refractivity contribution in [1.29, 1.82) is 0 Å². The maximum Gasteiger partial charge on any atom is 0.407 e. The molecule has 0 saturated heterocycles. The van der Waals surface area contributed by atoms with Crippen LogP contribution >= 0.6 is 0 Å². The predicted molar refractivity (Wildman–Crippen MR) is 133 cm³/mol. The van der Waals surface area contributed by atoms with Crippen molar-refractivity contribution in [3.63, 3.8) is 0 Å². The van der Waals surface area contributed by atoms with Crippen molar-refractivity contribution in [3.05, 3.63) is 59.7 Å². The first-order valence-electron chi connectivity index (χ1n) is 12.5. The summed E-state index contributed by atoms with van der Waals surface area (Å²) in [5.41, 5.74) is 4.73. The van der Waals surface area contributed by atoms with E-state index in [1.165, 1.54) is 22.3 Å². The minimum atomic E-state index is -0.856. The van der Waals surface area contributed by atoms with E-state index in [1.54, 1.807) is 11.9 Å². The van der Waals surface area contributed by atoms with Crippen molar-refractivity contribution in [3.8, 4) is 11.1 Å². The molecule has 2 atom stereocenters. The van der Waals surface area contributed by atoms with E-state index >= 15 is 0 Å². The Balaban J connectivity index is 1.32. The van der Waals surface area contributed by atoms with Crippen LogP contribution in [0.5, 0.6) is 0 Å². The minimum Gasteiger partial charge on any atom is -0.481 e. The Bertz CT molecular complexity index is 1020. The number of hydrogen-bond acceptors (Lipinski definition) is 4. The first-order chi connectivity index (χ1) is 16.9. The van der Waals surface area contributed by atoms with E-state index in [0.29, 0.717) is 19.4 Å². The average Bonchev–Trinajstić information content (AvgIpc) is 3.17. The Kier molecular flexibility index (Phi) is 8.06. The second kappa shape index (κ2) is 11.4. The van der Waals surface area contributed by atoms with Crippen LogP contribution in [-0.2, 0) is 14.3 Å². The van der Waals surface area contributed by atoms with Crippen LogP contribution in [0.3, 0.4) is 0 Å². The number of alkyl carbamates (subject to hydrolysis) is 1. The van der Waals surface area contributed by atoms with Gasteiger partial charge >= 0.3 is 12.1 Å². The fraction of sp³-hybridized carbons (Fsp3) is 0.464. The van der Waals surface area contributed by atoms with E-state index in [2.05, 4.69) is 29.6 Å². The van der Waals surface area contributed by atoms with Gasteiger partial charge in [0.15, 0.2) is 0 Å². The van der Waals surface area contributed by atoms with Gasteiger partial charge in [0.1, 0.15) is 6.61 Å². The molecule has 0 spiro atoms. The van der Waals surface area contributed by atoms with Crippen molar-refractivity contribution in [2.45, 2.75) is 56.9 Å². The van der Waals surface area contributed by atoms with Gasteiger partial charge < -0.3 is 20.1 Å². The molecule has 2 N–H and O–H groups in total. The Morgan fingerprint density at radius 3 is 2.29 bits per heavy atom. The number of carboxylic acids is 1. The highest BCUT2D eigenvalue weighted by Gasteiger charge is 2.32. The van der Waals surface area contributed by atoms with Gasteiger partial charge in [-0.15, -0.1) is 0 Å². The van der Waals surface area contributed by atoms with E-state index in [1.807, 2.05) is 24.3 Å². The van der Waals surface area contributed by atoms with E-state index in [4.69, 9.17) is 9.84 Å². The summed E-state index contributed by atoms with van der Waals surface area (Å²) in [5, 5.41) is 11.8. The smallest absolute Gasteiger partial charge is 0.407 e. The quantitative estimate of drug-likeness (QED) is 0.540. The van der Waals surface area contributed by atoms with Gasteiger partial charge in [-0.2, -0.15) is 0 Å². The summed E-state index contributed by atoms with van der Waals surface area (Å²) >= 11 is 0. The largest absolute Gasteiger partial charge is 0.481 e. The van der Waals surface area contributed by atoms with Crippen molar-refractivity contribution in [1.82, 2.24) is 10.2 Å². The van der Waals surface area contributed by atoms with Gasteiger partial charge in [-0.05, 0) is 47.4 Å². The summed E-state index contributed by atoms with van der Waals surface area (Å²) in [6.07, 6.45) is 4.13. The third-order valence-electron chi connectivity index (χ3n) is 7.30. The highest BCUT2D eigenvalue weighted by molar-refractivity contribution is 5.79. The topological polar surface area (TPSA) is 95.9 Å². The summed E-state index contributed by atoms with van der Waals surface area (Å²) in [4.78, 5) is 37.8. The molecule has 186 valence electrons. The van der Waals surface area contributed by atoms with Gasteiger partial charge in [0.05, 0.1) is 0 Å². The number of nitrogens with zero attached hydrogens (tertiary/aromatic N) is 1. The summed E-state index contributed by atoms with van der Waals surface area (Å²) in [6.45, 7) is 0.685. The number of hydrogen-bond donors (Lipinski definition) is 2. The van der Waals surface area contributed by atoms with Gasteiger partial charge in [0.25, 0.3) is 0 Å². The number of nitrogens with one attached hydrogen (secondary N) is 1. The number of carboxylic acid groups (broad SMARTS) is 1. The molecule has 35 heavy (non-hydrogen) atoms. The third kappa shape index (κ3) is 6.02. The molecule has 2 amide bonds. The van der Waals surface area contributed by atoms with Crippen molar-refractivity contribution in [2.24, 2.45) is 5.92 Å². The number of amides is 2. The lowest BCUT2D eigenvalue weighted by Crippen LogP contribution is -2.44. The molecule has 0 bridgehead atoms. The number of carbonyl (C=O) groups is 3. The molecule has 0 heterocycles. The maximum atomic E-state index is 12.8. The van der Waals surface area contributed by atoms with E-state index in [0.717, 1.165) is 25.7 Å². The van der Waals surface area contributed by atoms with Gasteiger partial charge in [-0.3, -0.25) is 9.59 Å². The monoisotopic (exact) mass is 478 g/mol. The number of benzene rings is 2. The van der Waals surface area contributed by atoms with Crippen molar-refractivity contribution >= 4 is 18.0 Å². The zero-order valence-electron chi connectivity index (χ0n) is 20.2. The Morgan fingerprint density at radius 1 is 1.00 bits per heavy atom.